The molecule has 0 spiro atoms. The highest BCUT2D eigenvalue weighted by molar-refractivity contribution is 5.96. The van der Waals surface area contributed by atoms with Crippen LogP contribution in [-0.2, 0) is 14.3 Å². The molecule has 0 radical (unpaired) electrons. The molecule has 4 nitrogen and oxygen atoms in total. The third-order valence-corrected chi connectivity index (χ3v) is 4.31. The quantitative estimate of drug-likeness (QED) is 0.850. The van der Waals surface area contributed by atoms with Crippen molar-refractivity contribution in [2.45, 2.75) is 26.4 Å². The molecule has 0 aliphatic heterocycles. The van der Waals surface area contributed by atoms with Crippen molar-refractivity contribution in [3.8, 4) is 0 Å². The predicted octanol–water partition coefficient (Wildman–Crippen LogP) is 3.87. The topological polar surface area (TPSA) is 55.4 Å². The van der Waals surface area contributed by atoms with Gasteiger partial charge in [0.1, 0.15) is 0 Å². The van der Waals surface area contributed by atoms with Crippen LogP contribution < -0.4 is 5.32 Å². The van der Waals surface area contributed by atoms with Crippen molar-refractivity contribution in [2.75, 3.05) is 5.32 Å². The first kappa shape index (κ1) is 16.2. The molecule has 3 unspecified atom stereocenters. The Balaban J connectivity index is 1.76. The number of benzene rings is 2. The summed E-state index contributed by atoms with van der Waals surface area (Å²) in [5, 5.41) is 2.83. The van der Waals surface area contributed by atoms with Crippen LogP contribution in [0.5, 0.6) is 0 Å². The smallest absolute Gasteiger partial charge is 0.310 e. The van der Waals surface area contributed by atoms with Gasteiger partial charge < -0.3 is 10.1 Å². The molecule has 4 heteroatoms. The molecule has 124 valence electrons. The number of aryl methyl sites for hydroxylation is 1. The standard InChI is InChI=1S/C20H21NO3/c1-13-8-10-16(11-9-13)21-19(22)18(15-6-4-3-5-7-15)24-20(23)17-12-14(17)2/h3-11,14,17-18H,12H2,1-2H3,(H,21,22). The second kappa shape index (κ2) is 6.87. The van der Waals surface area contributed by atoms with E-state index in [1.807, 2.05) is 56.3 Å². The Morgan fingerprint density at radius 3 is 2.29 bits per heavy atom. The number of carbonyl (C=O) groups is 2. The molecular weight excluding hydrogens is 302 g/mol. The van der Waals surface area contributed by atoms with Gasteiger partial charge in [0, 0.05) is 11.3 Å². The van der Waals surface area contributed by atoms with Gasteiger partial charge in [-0.2, -0.15) is 0 Å². The Morgan fingerprint density at radius 1 is 1.08 bits per heavy atom. The van der Waals surface area contributed by atoms with Crippen molar-refractivity contribution in [1.29, 1.82) is 0 Å². The van der Waals surface area contributed by atoms with Crippen LogP contribution in [0.1, 0.15) is 30.6 Å². The van der Waals surface area contributed by atoms with Gasteiger partial charge in [-0.3, -0.25) is 9.59 Å². The molecule has 1 N–H and O–H groups in total. The maximum atomic E-state index is 12.7. The van der Waals surface area contributed by atoms with Crippen molar-refractivity contribution in [3.05, 3.63) is 65.7 Å². The number of rotatable bonds is 5. The molecule has 0 heterocycles. The second-order valence-corrected chi connectivity index (χ2v) is 6.40. The molecule has 1 saturated carbocycles. The molecule has 3 atom stereocenters. The van der Waals surface area contributed by atoms with Gasteiger partial charge in [0.2, 0.25) is 6.10 Å². The van der Waals surface area contributed by atoms with Gasteiger partial charge in [0.15, 0.2) is 0 Å². The molecule has 1 aliphatic carbocycles. The van der Waals surface area contributed by atoms with Gasteiger partial charge in [-0.1, -0.05) is 55.0 Å². The lowest BCUT2D eigenvalue weighted by Crippen LogP contribution is -2.26. The van der Waals surface area contributed by atoms with Crippen LogP contribution in [0.4, 0.5) is 5.69 Å². The highest BCUT2D eigenvalue weighted by Gasteiger charge is 2.42. The molecule has 3 rings (SSSR count). The number of anilines is 1. The third-order valence-electron chi connectivity index (χ3n) is 4.31. The van der Waals surface area contributed by atoms with Crippen LogP contribution in [0.2, 0.25) is 0 Å². The van der Waals surface area contributed by atoms with Gasteiger partial charge in [-0.25, -0.2) is 0 Å². The molecule has 0 aromatic heterocycles. The fraction of sp³-hybridized carbons (Fsp3) is 0.300. The molecule has 1 amide bonds. The van der Waals surface area contributed by atoms with Crippen molar-refractivity contribution in [2.24, 2.45) is 11.8 Å². The monoisotopic (exact) mass is 323 g/mol. The Kier molecular flexibility index (Phi) is 4.65. The van der Waals surface area contributed by atoms with Gasteiger partial charge in [0.05, 0.1) is 5.92 Å². The number of nitrogens with one attached hydrogen (secondary N) is 1. The van der Waals surface area contributed by atoms with Crippen LogP contribution >= 0.6 is 0 Å². The van der Waals surface area contributed by atoms with E-state index in [0.717, 1.165) is 12.0 Å². The van der Waals surface area contributed by atoms with Gasteiger partial charge in [-0.05, 0) is 31.4 Å². The lowest BCUT2D eigenvalue weighted by Gasteiger charge is -2.18. The number of ether oxygens (including phenoxy) is 1. The summed E-state index contributed by atoms with van der Waals surface area (Å²) in [7, 11) is 0. The number of esters is 1. The predicted molar refractivity (Wildman–Crippen MR) is 92.4 cm³/mol. The number of hydrogen-bond acceptors (Lipinski definition) is 3. The molecule has 2 aromatic rings. The zero-order valence-corrected chi connectivity index (χ0v) is 13.9. The van der Waals surface area contributed by atoms with E-state index in [0.29, 0.717) is 17.2 Å². The largest absolute Gasteiger partial charge is 0.447 e. The summed E-state index contributed by atoms with van der Waals surface area (Å²) in [5.41, 5.74) is 2.47. The highest BCUT2D eigenvalue weighted by atomic mass is 16.5. The van der Waals surface area contributed by atoms with Crippen LogP contribution in [-0.4, -0.2) is 11.9 Å². The molecule has 1 fully saturated rings. The first-order chi connectivity index (χ1) is 11.5. The van der Waals surface area contributed by atoms with Crippen molar-refractivity contribution < 1.29 is 14.3 Å². The minimum atomic E-state index is -0.937. The minimum Gasteiger partial charge on any atom is -0.447 e. The minimum absolute atomic E-state index is 0.0802. The van der Waals surface area contributed by atoms with E-state index in [9.17, 15) is 9.59 Å². The van der Waals surface area contributed by atoms with Gasteiger partial charge in [-0.15, -0.1) is 0 Å². The Labute approximate surface area is 141 Å². The molecule has 0 bridgehead atoms. The molecule has 0 saturated heterocycles. The Hall–Kier alpha value is -2.62. The molecule has 24 heavy (non-hydrogen) atoms. The van der Waals surface area contributed by atoms with E-state index in [-0.39, 0.29) is 17.8 Å². The molecule has 1 aliphatic rings. The first-order valence-corrected chi connectivity index (χ1v) is 8.17. The fourth-order valence-corrected chi connectivity index (χ4v) is 2.60. The van der Waals surface area contributed by atoms with E-state index in [1.54, 1.807) is 12.1 Å². The molecular formula is C20H21NO3. The Morgan fingerprint density at radius 2 is 1.71 bits per heavy atom. The first-order valence-electron chi connectivity index (χ1n) is 8.17. The average Bonchev–Trinajstić information content (AvgIpc) is 3.32. The van der Waals surface area contributed by atoms with E-state index in [2.05, 4.69) is 5.32 Å². The van der Waals surface area contributed by atoms with Gasteiger partial charge in [0.25, 0.3) is 5.91 Å². The van der Waals surface area contributed by atoms with E-state index in [1.165, 1.54) is 0 Å². The highest BCUT2D eigenvalue weighted by Crippen LogP contribution is 2.39. The van der Waals surface area contributed by atoms with Crippen molar-refractivity contribution >= 4 is 17.6 Å². The zero-order valence-electron chi connectivity index (χ0n) is 13.9. The SMILES string of the molecule is Cc1ccc(NC(=O)C(OC(=O)C2CC2C)c2ccccc2)cc1. The number of hydrogen-bond donors (Lipinski definition) is 1. The lowest BCUT2D eigenvalue weighted by atomic mass is 10.1. The number of amides is 1. The third kappa shape index (κ3) is 3.82. The van der Waals surface area contributed by atoms with E-state index < -0.39 is 6.10 Å². The van der Waals surface area contributed by atoms with Crippen molar-refractivity contribution in [3.63, 3.8) is 0 Å². The van der Waals surface area contributed by atoms with Gasteiger partial charge >= 0.3 is 5.97 Å². The zero-order chi connectivity index (χ0) is 17.1. The Bertz CT molecular complexity index is 724. The van der Waals surface area contributed by atoms with E-state index in [4.69, 9.17) is 4.74 Å². The summed E-state index contributed by atoms with van der Waals surface area (Å²) in [6.07, 6.45) is -0.104. The van der Waals surface area contributed by atoms with Crippen LogP contribution in [0.25, 0.3) is 0 Å². The summed E-state index contributed by atoms with van der Waals surface area (Å²) in [6, 6.07) is 16.6. The average molecular weight is 323 g/mol. The maximum absolute atomic E-state index is 12.7. The summed E-state index contributed by atoms with van der Waals surface area (Å²) in [5.74, 6) is -0.375. The summed E-state index contributed by atoms with van der Waals surface area (Å²) < 4.78 is 5.54. The normalized spacial score (nSPS) is 20.1. The summed E-state index contributed by atoms with van der Waals surface area (Å²) in [4.78, 5) is 24.9. The van der Waals surface area contributed by atoms with Crippen molar-refractivity contribution in [1.82, 2.24) is 0 Å². The fourth-order valence-electron chi connectivity index (χ4n) is 2.60. The number of carbonyl (C=O) groups excluding carboxylic acids is 2. The molecule has 2 aromatic carbocycles. The van der Waals surface area contributed by atoms with Crippen LogP contribution in [0.15, 0.2) is 54.6 Å². The van der Waals surface area contributed by atoms with E-state index >= 15 is 0 Å². The maximum Gasteiger partial charge on any atom is 0.310 e. The lowest BCUT2D eigenvalue weighted by molar-refractivity contribution is -0.156. The van der Waals surface area contributed by atoms with Crippen LogP contribution in [0.3, 0.4) is 0 Å². The summed E-state index contributed by atoms with van der Waals surface area (Å²) in [6.45, 7) is 3.99. The van der Waals surface area contributed by atoms with Crippen LogP contribution in [0, 0.1) is 18.8 Å². The second-order valence-electron chi connectivity index (χ2n) is 6.40. The summed E-state index contributed by atoms with van der Waals surface area (Å²) >= 11 is 0.